The number of nitrogens with one attached hydrogen (secondary N) is 1. The van der Waals surface area contributed by atoms with Crippen LogP contribution in [0.2, 0.25) is 0 Å². The second kappa shape index (κ2) is 6.85. The Bertz CT molecular complexity index is 1010. The summed E-state index contributed by atoms with van der Waals surface area (Å²) < 4.78 is 5.76. The minimum absolute atomic E-state index is 0.00331. The number of nitrogens with two attached hydrogens (primary N) is 1. The standard InChI is InChI=1S/C20H21N5O3/c1-11(2)14-9-13(6-5-12(14)10-21)28-16-8-7-15(17(22)23-16)25-18(26)20(3,4)24-19(25)27/h5-9,11H,1-4H3,(H2,22,23)(H,24,27). The molecule has 8 heteroatoms. The lowest BCUT2D eigenvalue weighted by atomic mass is 9.98. The lowest BCUT2D eigenvalue weighted by molar-refractivity contribution is -0.121. The fraction of sp³-hybridized carbons (Fsp3) is 0.300. The van der Waals surface area contributed by atoms with Crippen LogP contribution >= 0.6 is 0 Å². The van der Waals surface area contributed by atoms with Gasteiger partial charge in [-0.15, -0.1) is 0 Å². The molecule has 0 aliphatic carbocycles. The van der Waals surface area contributed by atoms with Gasteiger partial charge in [0, 0.05) is 6.07 Å². The second-order valence-electron chi connectivity index (χ2n) is 7.37. The molecule has 0 radical (unpaired) electrons. The first-order valence-corrected chi connectivity index (χ1v) is 8.79. The first-order chi connectivity index (χ1) is 13.1. The highest BCUT2D eigenvalue weighted by Crippen LogP contribution is 2.32. The van der Waals surface area contributed by atoms with Crippen LogP contribution in [0.5, 0.6) is 11.6 Å². The third-order valence-corrected chi connectivity index (χ3v) is 4.47. The molecule has 8 nitrogen and oxygen atoms in total. The molecule has 0 spiro atoms. The number of benzene rings is 1. The summed E-state index contributed by atoms with van der Waals surface area (Å²) in [6, 6.07) is 9.82. The summed E-state index contributed by atoms with van der Waals surface area (Å²) >= 11 is 0. The number of aromatic nitrogens is 1. The molecule has 0 saturated carbocycles. The van der Waals surface area contributed by atoms with E-state index in [0.29, 0.717) is 11.3 Å². The number of hydrogen-bond donors (Lipinski definition) is 2. The number of nitrogens with zero attached hydrogens (tertiary/aromatic N) is 3. The predicted molar refractivity (Wildman–Crippen MR) is 104 cm³/mol. The monoisotopic (exact) mass is 379 g/mol. The number of urea groups is 1. The molecule has 1 fully saturated rings. The number of anilines is 2. The lowest BCUT2D eigenvalue weighted by Gasteiger charge is -2.17. The van der Waals surface area contributed by atoms with Gasteiger partial charge >= 0.3 is 6.03 Å². The topological polar surface area (TPSA) is 121 Å². The summed E-state index contributed by atoms with van der Waals surface area (Å²) in [5.41, 5.74) is 6.63. The molecule has 1 aliphatic rings. The van der Waals surface area contributed by atoms with Crippen LogP contribution in [0, 0.1) is 11.3 Å². The molecule has 28 heavy (non-hydrogen) atoms. The Balaban J connectivity index is 1.88. The average Bonchev–Trinajstić information content (AvgIpc) is 2.83. The van der Waals surface area contributed by atoms with Crippen molar-refractivity contribution in [3.8, 4) is 17.7 Å². The molecular formula is C20H21N5O3. The Morgan fingerprint density at radius 3 is 2.50 bits per heavy atom. The molecule has 2 heterocycles. The van der Waals surface area contributed by atoms with Gasteiger partial charge in [-0.1, -0.05) is 13.8 Å². The number of amides is 3. The molecule has 0 bridgehead atoms. The Labute approximate surface area is 162 Å². The molecule has 1 aromatic heterocycles. The van der Waals surface area contributed by atoms with Crippen LogP contribution in [0.4, 0.5) is 16.3 Å². The fourth-order valence-electron chi connectivity index (χ4n) is 2.97. The maximum Gasteiger partial charge on any atom is 0.329 e. The van der Waals surface area contributed by atoms with Crippen LogP contribution in [0.1, 0.15) is 44.7 Å². The molecular weight excluding hydrogens is 358 g/mol. The minimum Gasteiger partial charge on any atom is -0.439 e. The van der Waals surface area contributed by atoms with E-state index in [-0.39, 0.29) is 23.3 Å². The molecule has 1 aliphatic heterocycles. The number of pyridine rings is 1. The lowest BCUT2D eigenvalue weighted by Crippen LogP contribution is -2.40. The molecule has 3 N–H and O–H groups in total. The van der Waals surface area contributed by atoms with Crippen molar-refractivity contribution in [3.05, 3.63) is 41.5 Å². The number of nitriles is 1. The Kier molecular flexibility index (Phi) is 4.69. The van der Waals surface area contributed by atoms with Gasteiger partial charge in [-0.3, -0.25) is 4.79 Å². The number of hydrogen-bond acceptors (Lipinski definition) is 6. The summed E-state index contributed by atoms with van der Waals surface area (Å²) in [6.45, 7) is 7.21. The highest BCUT2D eigenvalue weighted by Gasteiger charge is 2.45. The molecule has 3 amide bonds. The van der Waals surface area contributed by atoms with Gasteiger partial charge in [-0.2, -0.15) is 10.2 Å². The first-order valence-electron chi connectivity index (χ1n) is 8.79. The smallest absolute Gasteiger partial charge is 0.329 e. The normalized spacial score (nSPS) is 15.5. The van der Waals surface area contributed by atoms with Crippen LogP contribution in [0.15, 0.2) is 30.3 Å². The van der Waals surface area contributed by atoms with E-state index in [0.717, 1.165) is 10.5 Å². The number of carbonyl (C=O) groups is 2. The van der Waals surface area contributed by atoms with E-state index in [4.69, 9.17) is 10.5 Å². The van der Waals surface area contributed by atoms with Crippen LogP contribution in [-0.2, 0) is 4.79 Å². The van der Waals surface area contributed by atoms with Crippen molar-refractivity contribution in [1.29, 1.82) is 5.26 Å². The average molecular weight is 379 g/mol. The second-order valence-corrected chi connectivity index (χ2v) is 7.37. The van der Waals surface area contributed by atoms with Crippen molar-refractivity contribution >= 4 is 23.4 Å². The maximum absolute atomic E-state index is 12.4. The van der Waals surface area contributed by atoms with E-state index in [1.54, 1.807) is 32.0 Å². The number of rotatable bonds is 4. The zero-order valence-corrected chi connectivity index (χ0v) is 16.1. The van der Waals surface area contributed by atoms with E-state index in [9.17, 15) is 14.9 Å². The largest absolute Gasteiger partial charge is 0.439 e. The van der Waals surface area contributed by atoms with E-state index in [1.807, 2.05) is 13.8 Å². The fourth-order valence-corrected chi connectivity index (χ4v) is 2.97. The quantitative estimate of drug-likeness (QED) is 0.786. The zero-order valence-electron chi connectivity index (χ0n) is 16.1. The molecule has 3 rings (SSSR count). The molecule has 2 aromatic rings. The Morgan fingerprint density at radius 2 is 1.96 bits per heavy atom. The van der Waals surface area contributed by atoms with Gasteiger partial charge in [0.05, 0.1) is 17.3 Å². The first kappa shape index (κ1) is 19.2. The van der Waals surface area contributed by atoms with Gasteiger partial charge in [0.25, 0.3) is 5.91 Å². The van der Waals surface area contributed by atoms with E-state index >= 15 is 0 Å². The van der Waals surface area contributed by atoms with Gasteiger partial charge in [0.1, 0.15) is 11.3 Å². The van der Waals surface area contributed by atoms with Crippen LogP contribution in [0.3, 0.4) is 0 Å². The molecule has 144 valence electrons. The van der Waals surface area contributed by atoms with E-state index in [2.05, 4.69) is 16.4 Å². The summed E-state index contributed by atoms with van der Waals surface area (Å²) in [5, 5.41) is 11.8. The third kappa shape index (κ3) is 3.34. The number of carbonyl (C=O) groups excluding carboxylic acids is 2. The zero-order chi connectivity index (χ0) is 20.6. The van der Waals surface area contributed by atoms with Crippen LogP contribution in [-0.4, -0.2) is 22.5 Å². The van der Waals surface area contributed by atoms with Crippen molar-refractivity contribution in [2.24, 2.45) is 0 Å². The number of imide groups is 1. The maximum atomic E-state index is 12.4. The number of nitrogen functional groups attached to an aromatic ring is 1. The van der Waals surface area contributed by atoms with Gasteiger partial charge in [-0.25, -0.2) is 9.69 Å². The SMILES string of the molecule is CC(C)c1cc(Oc2ccc(N3C(=O)NC(C)(C)C3=O)c(N)n2)ccc1C#N. The summed E-state index contributed by atoms with van der Waals surface area (Å²) in [6.07, 6.45) is 0. The highest BCUT2D eigenvalue weighted by molar-refractivity contribution is 6.23. The van der Waals surface area contributed by atoms with Gasteiger partial charge in [0.15, 0.2) is 5.82 Å². The Hall–Kier alpha value is -3.60. The van der Waals surface area contributed by atoms with Crippen molar-refractivity contribution in [2.45, 2.75) is 39.2 Å². The van der Waals surface area contributed by atoms with Crippen LogP contribution < -0.4 is 20.7 Å². The summed E-state index contributed by atoms with van der Waals surface area (Å²) in [5.74, 6) is 0.469. The van der Waals surface area contributed by atoms with Crippen molar-refractivity contribution in [1.82, 2.24) is 10.3 Å². The van der Waals surface area contributed by atoms with Crippen LogP contribution in [0.25, 0.3) is 0 Å². The Morgan fingerprint density at radius 1 is 1.25 bits per heavy atom. The molecule has 0 atom stereocenters. The molecule has 1 aromatic carbocycles. The molecule has 0 unspecified atom stereocenters. The molecule has 1 saturated heterocycles. The van der Waals surface area contributed by atoms with Gasteiger partial charge < -0.3 is 15.8 Å². The van der Waals surface area contributed by atoms with E-state index in [1.165, 1.54) is 12.1 Å². The van der Waals surface area contributed by atoms with Crippen molar-refractivity contribution < 1.29 is 14.3 Å². The highest BCUT2D eigenvalue weighted by atomic mass is 16.5. The summed E-state index contributed by atoms with van der Waals surface area (Å²) in [7, 11) is 0. The third-order valence-electron chi connectivity index (χ3n) is 4.47. The van der Waals surface area contributed by atoms with E-state index < -0.39 is 17.5 Å². The minimum atomic E-state index is -1.01. The van der Waals surface area contributed by atoms with Gasteiger partial charge in [0.2, 0.25) is 5.88 Å². The van der Waals surface area contributed by atoms with Gasteiger partial charge in [-0.05, 0) is 49.6 Å². The van der Waals surface area contributed by atoms with Crippen molar-refractivity contribution in [2.75, 3.05) is 10.6 Å². The van der Waals surface area contributed by atoms with Crippen molar-refractivity contribution in [3.63, 3.8) is 0 Å². The summed E-state index contributed by atoms with van der Waals surface area (Å²) in [4.78, 5) is 29.7. The number of ether oxygens (including phenoxy) is 1. The predicted octanol–water partition coefficient (Wildman–Crippen LogP) is 3.29.